The van der Waals surface area contributed by atoms with Gasteiger partial charge < -0.3 is 5.32 Å². The summed E-state index contributed by atoms with van der Waals surface area (Å²) in [6, 6.07) is 12.1. The second kappa shape index (κ2) is 5.72. The third-order valence-corrected chi connectivity index (χ3v) is 3.48. The zero-order valence-corrected chi connectivity index (χ0v) is 12.1. The third-order valence-electron chi connectivity index (χ3n) is 2.67. The number of hydrogen-bond acceptors (Lipinski definition) is 1. The van der Waals surface area contributed by atoms with Crippen LogP contribution >= 0.6 is 27.5 Å². The molecule has 0 fully saturated rings. The van der Waals surface area contributed by atoms with Gasteiger partial charge in [0.05, 0.1) is 16.8 Å². The first-order chi connectivity index (χ1) is 8.58. The molecule has 1 nitrogen and oxygen atoms in total. The molecule has 0 aromatic heterocycles. The average molecular weight is 329 g/mol. The minimum absolute atomic E-state index is 0.148. The van der Waals surface area contributed by atoms with Crippen LogP contribution in [0.25, 0.3) is 0 Å². The van der Waals surface area contributed by atoms with E-state index in [2.05, 4.69) is 21.2 Å². The van der Waals surface area contributed by atoms with Gasteiger partial charge in [-0.1, -0.05) is 45.7 Å². The number of nitrogens with one attached hydrogen (secondary N) is 1. The lowest BCUT2D eigenvalue weighted by atomic mass is 10.1. The van der Waals surface area contributed by atoms with E-state index in [1.807, 2.05) is 25.1 Å². The van der Waals surface area contributed by atoms with E-state index in [-0.39, 0.29) is 11.9 Å². The van der Waals surface area contributed by atoms with Crippen molar-refractivity contribution in [3.8, 4) is 0 Å². The van der Waals surface area contributed by atoms with Gasteiger partial charge in [0.1, 0.15) is 5.82 Å². The van der Waals surface area contributed by atoms with Crippen molar-refractivity contribution < 1.29 is 4.39 Å². The molecule has 2 rings (SSSR count). The number of rotatable bonds is 3. The highest BCUT2D eigenvalue weighted by Gasteiger charge is 2.11. The molecule has 0 spiro atoms. The Hall–Kier alpha value is -1.06. The van der Waals surface area contributed by atoms with Gasteiger partial charge >= 0.3 is 0 Å². The summed E-state index contributed by atoms with van der Waals surface area (Å²) in [5, 5.41) is 3.81. The highest BCUT2D eigenvalue weighted by molar-refractivity contribution is 9.10. The monoisotopic (exact) mass is 327 g/mol. The second-order valence-corrected chi connectivity index (χ2v) is 5.33. The van der Waals surface area contributed by atoms with Gasteiger partial charge in [-0.05, 0) is 31.2 Å². The number of benzene rings is 2. The Bertz CT molecular complexity index is 559. The summed E-state index contributed by atoms with van der Waals surface area (Å²) in [6.07, 6.45) is 0. The summed E-state index contributed by atoms with van der Waals surface area (Å²) in [5.41, 5.74) is 1.41. The molecule has 18 heavy (non-hydrogen) atoms. The van der Waals surface area contributed by atoms with E-state index < -0.39 is 0 Å². The predicted molar refractivity (Wildman–Crippen MR) is 77.6 cm³/mol. The Kier molecular flexibility index (Phi) is 4.25. The van der Waals surface area contributed by atoms with Crippen molar-refractivity contribution in [3.63, 3.8) is 0 Å². The van der Waals surface area contributed by atoms with Crippen LogP contribution in [0.4, 0.5) is 10.1 Å². The van der Waals surface area contributed by atoms with Crippen molar-refractivity contribution in [2.45, 2.75) is 13.0 Å². The van der Waals surface area contributed by atoms with Gasteiger partial charge in [-0.2, -0.15) is 0 Å². The lowest BCUT2D eigenvalue weighted by molar-refractivity contribution is 0.600. The molecule has 0 saturated carbocycles. The van der Waals surface area contributed by atoms with Gasteiger partial charge in [0.2, 0.25) is 0 Å². The van der Waals surface area contributed by atoms with Gasteiger partial charge in [0, 0.05) is 10.0 Å². The summed E-state index contributed by atoms with van der Waals surface area (Å²) >= 11 is 9.46. The molecule has 0 bridgehead atoms. The maximum atomic E-state index is 13.6. The highest BCUT2D eigenvalue weighted by Crippen LogP contribution is 2.29. The molecule has 0 aliphatic rings. The fourth-order valence-corrected chi connectivity index (χ4v) is 2.47. The van der Waals surface area contributed by atoms with E-state index in [0.717, 1.165) is 10.2 Å². The molecule has 4 heteroatoms. The first-order valence-corrected chi connectivity index (χ1v) is 6.71. The average Bonchev–Trinajstić information content (AvgIpc) is 2.33. The molecular weight excluding hydrogens is 317 g/mol. The highest BCUT2D eigenvalue weighted by atomic mass is 79.9. The zero-order chi connectivity index (χ0) is 13.1. The molecule has 94 valence electrons. The van der Waals surface area contributed by atoms with Gasteiger partial charge in [-0.15, -0.1) is 0 Å². The van der Waals surface area contributed by atoms with Crippen LogP contribution in [-0.4, -0.2) is 0 Å². The second-order valence-electron chi connectivity index (χ2n) is 4.01. The van der Waals surface area contributed by atoms with Crippen LogP contribution in [0.1, 0.15) is 18.5 Å². The molecule has 2 aromatic carbocycles. The van der Waals surface area contributed by atoms with Crippen LogP contribution in [0.3, 0.4) is 0 Å². The Morgan fingerprint density at radius 1 is 1.22 bits per heavy atom. The minimum atomic E-state index is -0.217. The molecule has 1 unspecified atom stereocenters. The molecule has 0 heterocycles. The molecule has 1 atom stereocenters. The Balaban J connectivity index is 2.21. The van der Waals surface area contributed by atoms with Gasteiger partial charge in [-0.3, -0.25) is 0 Å². The molecule has 1 N–H and O–H groups in total. The quantitative estimate of drug-likeness (QED) is 0.794. The maximum absolute atomic E-state index is 13.6. The fourth-order valence-electron chi connectivity index (χ4n) is 1.74. The lowest BCUT2D eigenvalue weighted by Crippen LogP contribution is -2.08. The van der Waals surface area contributed by atoms with E-state index in [0.29, 0.717) is 10.6 Å². The van der Waals surface area contributed by atoms with Gasteiger partial charge in [0.15, 0.2) is 0 Å². The van der Waals surface area contributed by atoms with E-state index in [1.165, 1.54) is 6.07 Å². The summed E-state index contributed by atoms with van der Waals surface area (Å²) in [4.78, 5) is 0. The van der Waals surface area contributed by atoms with Crippen LogP contribution in [0.2, 0.25) is 5.02 Å². The van der Waals surface area contributed by atoms with Crippen molar-refractivity contribution in [2.75, 3.05) is 5.32 Å². The largest absolute Gasteiger partial charge is 0.377 e. The van der Waals surface area contributed by atoms with Crippen LogP contribution in [0, 0.1) is 5.82 Å². The van der Waals surface area contributed by atoms with Crippen LogP contribution in [0.15, 0.2) is 46.9 Å². The molecule has 0 saturated heterocycles. The third kappa shape index (κ3) is 3.03. The van der Waals surface area contributed by atoms with Crippen molar-refractivity contribution in [3.05, 3.63) is 63.3 Å². The van der Waals surface area contributed by atoms with E-state index in [4.69, 9.17) is 11.6 Å². The standard InChI is InChI=1S/C14H12BrClFN/c1-9(11-4-2-3-5-13(11)17)18-14-7-6-10(15)8-12(14)16/h2-9,18H,1H3. The summed E-state index contributed by atoms with van der Waals surface area (Å²) in [7, 11) is 0. The minimum Gasteiger partial charge on any atom is -0.377 e. The van der Waals surface area contributed by atoms with E-state index in [9.17, 15) is 4.39 Å². The molecule has 0 aliphatic carbocycles. The SMILES string of the molecule is CC(Nc1ccc(Br)cc1Cl)c1ccccc1F. The van der Waals surface area contributed by atoms with E-state index in [1.54, 1.807) is 18.2 Å². The zero-order valence-electron chi connectivity index (χ0n) is 9.75. The topological polar surface area (TPSA) is 12.0 Å². The molecule has 0 radical (unpaired) electrons. The fraction of sp³-hybridized carbons (Fsp3) is 0.143. The molecule has 0 aliphatic heterocycles. The normalized spacial score (nSPS) is 12.2. The number of halogens is 3. The summed E-state index contributed by atoms with van der Waals surface area (Å²) in [5.74, 6) is -0.217. The van der Waals surface area contributed by atoms with Gasteiger partial charge in [-0.25, -0.2) is 4.39 Å². The first kappa shape index (κ1) is 13.4. The molecular formula is C14H12BrClFN. The van der Waals surface area contributed by atoms with Crippen molar-refractivity contribution >= 4 is 33.2 Å². The van der Waals surface area contributed by atoms with E-state index >= 15 is 0 Å². The summed E-state index contributed by atoms with van der Waals surface area (Å²) < 4.78 is 14.5. The summed E-state index contributed by atoms with van der Waals surface area (Å²) in [6.45, 7) is 1.90. The van der Waals surface area contributed by atoms with Crippen molar-refractivity contribution in [1.29, 1.82) is 0 Å². The Morgan fingerprint density at radius 2 is 1.94 bits per heavy atom. The van der Waals surface area contributed by atoms with Crippen LogP contribution < -0.4 is 5.32 Å². The number of hydrogen-bond donors (Lipinski definition) is 1. The smallest absolute Gasteiger partial charge is 0.128 e. The molecule has 0 amide bonds. The maximum Gasteiger partial charge on any atom is 0.128 e. The van der Waals surface area contributed by atoms with Crippen LogP contribution in [0.5, 0.6) is 0 Å². The first-order valence-electron chi connectivity index (χ1n) is 5.54. The number of anilines is 1. The van der Waals surface area contributed by atoms with Crippen molar-refractivity contribution in [2.24, 2.45) is 0 Å². The lowest BCUT2D eigenvalue weighted by Gasteiger charge is -2.17. The van der Waals surface area contributed by atoms with Gasteiger partial charge in [0.25, 0.3) is 0 Å². The van der Waals surface area contributed by atoms with Crippen LogP contribution in [-0.2, 0) is 0 Å². The Morgan fingerprint density at radius 3 is 2.61 bits per heavy atom. The predicted octanol–water partition coefficient (Wildman–Crippen LogP) is 5.41. The van der Waals surface area contributed by atoms with Crippen molar-refractivity contribution in [1.82, 2.24) is 0 Å². The molecule has 2 aromatic rings. The Labute approximate surface area is 119 Å².